The SMILES string of the molecule is COC(=O)CC(C)SCC(=O)NC(=O)NC1CC1. The van der Waals surface area contributed by atoms with Crippen LogP contribution in [0.3, 0.4) is 0 Å². The zero-order valence-electron chi connectivity index (χ0n) is 10.5. The summed E-state index contributed by atoms with van der Waals surface area (Å²) in [6.07, 6.45) is 2.21. The summed E-state index contributed by atoms with van der Waals surface area (Å²) in [4.78, 5) is 33.6. The second kappa shape index (κ2) is 7.25. The van der Waals surface area contributed by atoms with Crippen molar-refractivity contribution in [3.8, 4) is 0 Å². The van der Waals surface area contributed by atoms with Crippen LogP contribution in [0.25, 0.3) is 0 Å². The second-order valence-electron chi connectivity index (χ2n) is 4.20. The van der Waals surface area contributed by atoms with E-state index in [0.29, 0.717) is 0 Å². The Kier molecular flexibility index (Phi) is 5.97. The summed E-state index contributed by atoms with van der Waals surface area (Å²) in [5.41, 5.74) is 0. The molecular formula is C11H18N2O4S. The van der Waals surface area contributed by atoms with E-state index in [2.05, 4.69) is 15.4 Å². The summed E-state index contributed by atoms with van der Waals surface area (Å²) >= 11 is 1.31. The Labute approximate surface area is 110 Å². The van der Waals surface area contributed by atoms with Crippen LogP contribution in [0.5, 0.6) is 0 Å². The number of urea groups is 1. The smallest absolute Gasteiger partial charge is 0.321 e. The summed E-state index contributed by atoms with van der Waals surface area (Å²) in [6, 6.07) is -0.215. The minimum atomic E-state index is -0.441. The molecule has 1 saturated carbocycles. The molecule has 7 heteroatoms. The van der Waals surface area contributed by atoms with Crippen LogP contribution in [0.2, 0.25) is 0 Å². The van der Waals surface area contributed by atoms with E-state index in [9.17, 15) is 14.4 Å². The molecular weight excluding hydrogens is 256 g/mol. The van der Waals surface area contributed by atoms with E-state index < -0.39 is 6.03 Å². The van der Waals surface area contributed by atoms with Gasteiger partial charge in [0.2, 0.25) is 5.91 Å². The quantitative estimate of drug-likeness (QED) is 0.695. The van der Waals surface area contributed by atoms with Crippen LogP contribution in [-0.4, -0.2) is 42.1 Å². The Morgan fingerprint density at radius 3 is 2.61 bits per heavy atom. The molecule has 0 radical (unpaired) electrons. The summed E-state index contributed by atoms with van der Waals surface area (Å²) in [7, 11) is 1.33. The molecule has 1 fully saturated rings. The van der Waals surface area contributed by atoms with Gasteiger partial charge < -0.3 is 10.1 Å². The fraction of sp³-hybridized carbons (Fsp3) is 0.727. The first-order chi connectivity index (χ1) is 8.51. The Morgan fingerprint density at radius 1 is 1.39 bits per heavy atom. The summed E-state index contributed by atoms with van der Waals surface area (Å²) in [5, 5.41) is 4.89. The first kappa shape index (κ1) is 14.8. The average molecular weight is 274 g/mol. The minimum Gasteiger partial charge on any atom is -0.469 e. The Bertz CT molecular complexity index is 331. The predicted octanol–water partition coefficient (Wildman–Crippen LogP) is 0.659. The second-order valence-corrected chi connectivity index (χ2v) is 5.62. The number of carbonyl (C=O) groups is 3. The van der Waals surface area contributed by atoms with Gasteiger partial charge in [0.15, 0.2) is 0 Å². The summed E-state index contributed by atoms with van der Waals surface area (Å²) in [5.74, 6) is -0.507. The number of hydrogen-bond donors (Lipinski definition) is 2. The first-order valence-corrected chi connectivity index (χ1v) is 6.85. The number of esters is 1. The molecule has 1 aliphatic carbocycles. The summed E-state index contributed by atoms with van der Waals surface area (Å²) < 4.78 is 4.53. The molecule has 102 valence electrons. The normalized spacial score (nSPS) is 15.7. The van der Waals surface area contributed by atoms with Gasteiger partial charge in [-0.05, 0) is 12.8 Å². The predicted molar refractivity (Wildman–Crippen MR) is 68.2 cm³/mol. The fourth-order valence-electron chi connectivity index (χ4n) is 1.21. The van der Waals surface area contributed by atoms with Crippen molar-refractivity contribution >= 4 is 29.7 Å². The van der Waals surface area contributed by atoms with Crippen molar-refractivity contribution in [1.82, 2.24) is 10.6 Å². The molecule has 1 atom stereocenters. The summed E-state index contributed by atoms with van der Waals surface area (Å²) in [6.45, 7) is 1.83. The van der Waals surface area contributed by atoms with E-state index in [0.717, 1.165) is 12.8 Å². The van der Waals surface area contributed by atoms with Crippen molar-refractivity contribution in [2.45, 2.75) is 37.5 Å². The molecule has 0 aromatic heterocycles. The molecule has 0 spiro atoms. The standard InChI is InChI=1S/C11H18N2O4S/c1-7(5-10(15)17-2)18-6-9(14)13-11(16)12-8-3-4-8/h7-8H,3-6H2,1-2H3,(H2,12,13,14,16). The Balaban J connectivity index is 2.11. The topological polar surface area (TPSA) is 84.5 Å². The van der Waals surface area contributed by atoms with Gasteiger partial charge in [0.1, 0.15) is 0 Å². The number of thioether (sulfide) groups is 1. The Hall–Kier alpha value is -1.24. The molecule has 0 aromatic carbocycles. The van der Waals surface area contributed by atoms with E-state index in [1.54, 1.807) is 0 Å². The van der Waals surface area contributed by atoms with Gasteiger partial charge >= 0.3 is 12.0 Å². The van der Waals surface area contributed by atoms with Crippen LogP contribution < -0.4 is 10.6 Å². The van der Waals surface area contributed by atoms with Gasteiger partial charge in [0, 0.05) is 11.3 Å². The maximum Gasteiger partial charge on any atom is 0.321 e. The number of nitrogens with one attached hydrogen (secondary N) is 2. The van der Waals surface area contributed by atoms with E-state index in [-0.39, 0.29) is 35.3 Å². The molecule has 0 bridgehead atoms. The molecule has 18 heavy (non-hydrogen) atoms. The van der Waals surface area contributed by atoms with Crippen LogP contribution in [0.1, 0.15) is 26.2 Å². The largest absolute Gasteiger partial charge is 0.469 e. The van der Waals surface area contributed by atoms with Crippen LogP contribution in [0.4, 0.5) is 4.79 Å². The van der Waals surface area contributed by atoms with Crippen LogP contribution in [0.15, 0.2) is 0 Å². The lowest BCUT2D eigenvalue weighted by Gasteiger charge is -2.09. The number of amides is 3. The molecule has 1 unspecified atom stereocenters. The number of carbonyl (C=O) groups excluding carboxylic acids is 3. The van der Waals surface area contributed by atoms with Crippen molar-refractivity contribution in [2.75, 3.05) is 12.9 Å². The first-order valence-electron chi connectivity index (χ1n) is 5.80. The van der Waals surface area contributed by atoms with Crippen molar-refractivity contribution in [3.63, 3.8) is 0 Å². The molecule has 0 heterocycles. The number of methoxy groups -OCH3 is 1. The highest BCUT2D eigenvalue weighted by molar-refractivity contribution is 8.00. The lowest BCUT2D eigenvalue weighted by Crippen LogP contribution is -2.41. The zero-order valence-corrected chi connectivity index (χ0v) is 11.3. The number of hydrogen-bond acceptors (Lipinski definition) is 5. The van der Waals surface area contributed by atoms with Crippen LogP contribution >= 0.6 is 11.8 Å². The lowest BCUT2D eigenvalue weighted by molar-refractivity contribution is -0.140. The van der Waals surface area contributed by atoms with Gasteiger partial charge in [-0.3, -0.25) is 14.9 Å². The highest BCUT2D eigenvalue weighted by atomic mass is 32.2. The third-order valence-electron chi connectivity index (χ3n) is 2.35. The van der Waals surface area contributed by atoms with Gasteiger partial charge in [-0.25, -0.2) is 4.79 Å². The van der Waals surface area contributed by atoms with Crippen molar-refractivity contribution in [2.24, 2.45) is 0 Å². The third kappa shape index (κ3) is 6.48. The van der Waals surface area contributed by atoms with E-state index >= 15 is 0 Å². The van der Waals surface area contributed by atoms with Crippen molar-refractivity contribution in [3.05, 3.63) is 0 Å². The molecule has 1 aliphatic rings. The van der Waals surface area contributed by atoms with Gasteiger partial charge in [-0.15, -0.1) is 11.8 Å². The highest BCUT2D eigenvalue weighted by Gasteiger charge is 2.24. The monoisotopic (exact) mass is 274 g/mol. The molecule has 2 N–H and O–H groups in total. The van der Waals surface area contributed by atoms with Gasteiger partial charge in [0.25, 0.3) is 0 Å². The van der Waals surface area contributed by atoms with E-state index in [4.69, 9.17) is 0 Å². The fourth-order valence-corrected chi connectivity index (χ4v) is 1.97. The number of imide groups is 1. The number of rotatable bonds is 6. The Morgan fingerprint density at radius 2 is 2.06 bits per heavy atom. The maximum absolute atomic E-state index is 11.4. The molecule has 1 rings (SSSR count). The lowest BCUT2D eigenvalue weighted by atomic mass is 10.3. The van der Waals surface area contributed by atoms with Gasteiger partial charge in [-0.1, -0.05) is 6.92 Å². The van der Waals surface area contributed by atoms with E-state index in [1.807, 2.05) is 6.92 Å². The molecule has 0 saturated heterocycles. The number of ether oxygens (including phenoxy) is 1. The molecule has 0 aromatic rings. The van der Waals surface area contributed by atoms with Crippen LogP contribution in [0, 0.1) is 0 Å². The zero-order chi connectivity index (χ0) is 13.5. The average Bonchev–Trinajstić information content (AvgIpc) is 3.09. The van der Waals surface area contributed by atoms with Gasteiger partial charge in [0.05, 0.1) is 19.3 Å². The maximum atomic E-state index is 11.4. The van der Waals surface area contributed by atoms with Gasteiger partial charge in [-0.2, -0.15) is 0 Å². The minimum absolute atomic E-state index is 0.0188. The van der Waals surface area contributed by atoms with Crippen LogP contribution in [-0.2, 0) is 14.3 Å². The third-order valence-corrected chi connectivity index (χ3v) is 3.51. The molecule has 3 amide bonds. The van der Waals surface area contributed by atoms with E-state index in [1.165, 1.54) is 18.9 Å². The molecule has 0 aliphatic heterocycles. The highest BCUT2D eigenvalue weighted by Crippen LogP contribution is 2.18. The van der Waals surface area contributed by atoms with Crippen molar-refractivity contribution in [1.29, 1.82) is 0 Å². The molecule has 6 nitrogen and oxygen atoms in total. The van der Waals surface area contributed by atoms with Crippen molar-refractivity contribution < 1.29 is 19.1 Å².